The van der Waals surface area contributed by atoms with Crippen LogP contribution in [0.3, 0.4) is 0 Å². The maximum atomic E-state index is 12.6. The van der Waals surface area contributed by atoms with Gasteiger partial charge in [0.15, 0.2) is 0 Å². The lowest BCUT2D eigenvalue weighted by atomic mass is 10.0. The molecule has 0 aliphatic carbocycles. The van der Waals surface area contributed by atoms with Crippen molar-refractivity contribution in [2.75, 3.05) is 45.8 Å². The standard InChI is InChI=1S/C19H29ClN4O/c1-2-23-10-7-15(8-11-23)22-19(25)14-24-12-9-21-13-18(24)16-5-3-4-6-17(16)20/h3-6,15,18,21H,2,7-14H2,1H3,(H,22,25). The predicted octanol–water partition coefficient (Wildman–Crippen LogP) is 1.89. The molecule has 138 valence electrons. The van der Waals surface area contributed by atoms with E-state index >= 15 is 0 Å². The number of nitrogens with one attached hydrogen (secondary N) is 2. The molecule has 2 heterocycles. The first-order valence-corrected chi connectivity index (χ1v) is 9.76. The summed E-state index contributed by atoms with van der Waals surface area (Å²) in [7, 11) is 0. The van der Waals surface area contributed by atoms with Crippen LogP contribution in [-0.4, -0.2) is 67.6 Å². The molecule has 1 unspecified atom stereocenters. The van der Waals surface area contributed by atoms with Crippen molar-refractivity contribution in [1.82, 2.24) is 20.4 Å². The molecule has 0 bridgehead atoms. The number of likely N-dealkylation sites (tertiary alicyclic amines) is 1. The summed E-state index contributed by atoms with van der Waals surface area (Å²) in [5, 5.41) is 7.43. The first-order valence-electron chi connectivity index (χ1n) is 9.38. The van der Waals surface area contributed by atoms with Crippen molar-refractivity contribution in [1.29, 1.82) is 0 Å². The summed E-state index contributed by atoms with van der Waals surface area (Å²) in [6.45, 7) is 8.48. The smallest absolute Gasteiger partial charge is 0.234 e. The van der Waals surface area contributed by atoms with E-state index in [1.54, 1.807) is 0 Å². The van der Waals surface area contributed by atoms with Gasteiger partial charge in [-0.15, -0.1) is 0 Å². The number of halogens is 1. The van der Waals surface area contributed by atoms with E-state index in [1.165, 1.54) is 0 Å². The minimum absolute atomic E-state index is 0.133. The maximum absolute atomic E-state index is 12.6. The van der Waals surface area contributed by atoms with E-state index in [-0.39, 0.29) is 11.9 Å². The summed E-state index contributed by atoms with van der Waals surface area (Å²) in [5.41, 5.74) is 1.10. The van der Waals surface area contributed by atoms with Crippen molar-refractivity contribution < 1.29 is 4.79 Å². The van der Waals surface area contributed by atoms with Crippen molar-refractivity contribution in [2.24, 2.45) is 0 Å². The number of carbonyl (C=O) groups is 1. The normalized spacial score (nSPS) is 23.5. The number of carbonyl (C=O) groups excluding carboxylic acids is 1. The second kappa shape index (κ2) is 8.99. The number of hydrogen-bond donors (Lipinski definition) is 2. The quantitative estimate of drug-likeness (QED) is 0.837. The lowest BCUT2D eigenvalue weighted by Crippen LogP contribution is -2.52. The predicted molar refractivity (Wildman–Crippen MR) is 102 cm³/mol. The first-order chi connectivity index (χ1) is 12.2. The number of amides is 1. The zero-order valence-corrected chi connectivity index (χ0v) is 15.8. The highest BCUT2D eigenvalue weighted by atomic mass is 35.5. The minimum Gasteiger partial charge on any atom is -0.352 e. The van der Waals surface area contributed by atoms with Crippen LogP contribution in [0.1, 0.15) is 31.4 Å². The highest BCUT2D eigenvalue weighted by Gasteiger charge is 2.28. The number of nitrogens with zero attached hydrogens (tertiary/aromatic N) is 2. The summed E-state index contributed by atoms with van der Waals surface area (Å²) in [5.74, 6) is 0.133. The highest BCUT2D eigenvalue weighted by Crippen LogP contribution is 2.28. The average molecular weight is 365 g/mol. The van der Waals surface area contributed by atoms with Gasteiger partial charge in [0.1, 0.15) is 0 Å². The lowest BCUT2D eigenvalue weighted by molar-refractivity contribution is -0.124. The van der Waals surface area contributed by atoms with Gasteiger partial charge < -0.3 is 15.5 Å². The largest absolute Gasteiger partial charge is 0.352 e. The van der Waals surface area contributed by atoms with Crippen LogP contribution in [-0.2, 0) is 4.79 Å². The Labute approximate surface area is 155 Å². The van der Waals surface area contributed by atoms with Gasteiger partial charge in [-0.1, -0.05) is 36.7 Å². The summed E-state index contributed by atoms with van der Waals surface area (Å²) in [6.07, 6.45) is 2.10. The molecule has 2 aliphatic heterocycles. The SMILES string of the molecule is CCN1CCC(NC(=O)CN2CCNCC2c2ccccc2Cl)CC1. The van der Waals surface area contributed by atoms with E-state index in [9.17, 15) is 4.79 Å². The molecular weight excluding hydrogens is 336 g/mol. The minimum atomic E-state index is 0.133. The van der Waals surface area contributed by atoms with Gasteiger partial charge >= 0.3 is 0 Å². The summed E-state index contributed by atoms with van der Waals surface area (Å²) in [4.78, 5) is 17.3. The molecule has 5 nitrogen and oxygen atoms in total. The van der Waals surface area contributed by atoms with Crippen molar-refractivity contribution in [3.05, 3.63) is 34.9 Å². The molecule has 0 aromatic heterocycles. The molecule has 2 N–H and O–H groups in total. The Kier molecular flexibility index (Phi) is 6.70. The van der Waals surface area contributed by atoms with Crippen molar-refractivity contribution >= 4 is 17.5 Å². The molecule has 0 spiro atoms. The molecule has 25 heavy (non-hydrogen) atoms. The van der Waals surface area contributed by atoms with Gasteiger partial charge in [-0.2, -0.15) is 0 Å². The van der Waals surface area contributed by atoms with Gasteiger partial charge in [-0.25, -0.2) is 0 Å². The Morgan fingerprint density at radius 3 is 2.76 bits per heavy atom. The third kappa shape index (κ3) is 4.94. The van der Waals surface area contributed by atoms with Gasteiger partial charge in [0, 0.05) is 49.8 Å². The van der Waals surface area contributed by atoms with Gasteiger partial charge in [0.2, 0.25) is 5.91 Å². The third-order valence-electron chi connectivity index (χ3n) is 5.37. The second-order valence-corrected chi connectivity index (χ2v) is 7.40. The lowest BCUT2D eigenvalue weighted by Gasteiger charge is -2.37. The van der Waals surface area contributed by atoms with Crippen molar-refractivity contribution in [3.63, 3.8) is 0 Å². The summed E-state index contributed by atoms with van der Waals surface area (Å²) < 4.78 is 0. The van der Waals surface area contributed by atoms with Crippen LogP contribution < -0.4 is 10.6 Å². The molecule has 1 aromatic carbocycles. The molecule has 2 fully saturated rings. The topological polar surface area (TPSA) is 47.6 Å². The van der Waals surface area contributed by atoms with Crippen molar-refractivity contribution in [3.8, 4) is 0 Å². The van der Waals surface area contributed by atoms with Gasteiger partial charge in [-0.05, 0) is 31.0 Å². The highest BCUT2D eigenvalue weighted by molar-refractivity contribution is 6.31. The Balaban J connectivity index is 1.56. The van der Waals surface area contributed by atoms with E-state index in [0.717, 1.165) is 62.7 Å². The fraction of sp³-hybridized carbons (Fsp3) is 0.632. The zero-order chi connectivity index (χ0) is 17.6. The number of rotatable bonds is 5. The van der Waals surface area contributed by atoms with E-state index in [1.807, 2.05) is 18.2 Å². The second-order valence-electron chi connectivity index (χ2n) is 6.99. The number of benzene rings is 1. The van der Waals surface area contributed by atoms with Crippen LogP contribution in [0.2, 0.25) is 5.02 Å². The van der Waals surface area contributed by atoms with E-state index in [0.29, 0.717) is 12.6 Å². The van der Waals surface area contributed by atoms with E-state index in [4.69, 9.17) is 11.6 Å². The van der Waals surface area contributed by atoms with Crippen LogP contribution in [0.5, 0.6) is 0 Å². The molecule has 1 atom stereocenters. The Morgan fingerprint density at radius 1 is 1.28 bits per heavy atom. The number of hydrogen-bond acceptors (Lipinski definition) is 4. The number of piperidine rings is 1. The Bertz CT molecular complexity index is 574. The van der Waals surface area contributed by atoms with Gasteiger partial charge in [-0.3, -0.25) is 9.69 Å². The van der Waals surface area contributed by atoms with Crippen LogP contribution >= 0.6 is 11.6 Å². The monoisotopic (exact) mass is 364 g/mol. The van der Waals surface area contributed by atoms with Crippen LogP contribution in [0, 0.1) is 0 Å². The summed E-state index contributed by atoms with van der Waals surface area (Å²) >= 11 is 6.38. The molecule has 1 aromatic rings. The summed E-state index contributed by atoms with van der Waals surface area (Å²) in [6, 6.07) is 8.40. The van der Waals surface area contributed by atoms with Crippen LogP contribution in [0.15, 0.2) is 24.3 Å². The Morgan fingerprint density at radius 2 is 2.04 bits per heavy atom. The molecular formula is C19H29ClN4O. The van der Waals surface area contributed by atoms with Crippen LogP contribution in [0.25, 0.3) is 0 Å². The van der Waals surface area contributed by atoms with Gasteiger partial charge in [0.25, 0.3) is 0 Å². The molecule has 0 radical (unpaired) electrons. The zero-order valence-electron chi connectivity index (χ0n) is 15.0. The molecule has 6 heteroatoms. The van der Waals surface area contributed by atoms with Crippen LogP contribution in [0.4, 0.5) is 0 Å². The molecule has 3 rings (SSSR count). The molecule has 2 saturated heterocycles. The van der Waals surface area contributed by atoms with Crippen molar-refractivity contribution in [2.45, 2.75) is 31.8 Å². The van der Waals surface area contributed by atoms with E-state index in [2.05, 4.69) is 33.4 Å². The Hall–Kier alpha value is -1.14. The van der Waals surface area contributed by atoms with Gasteiger partial charge in [0.05, 0.1) is 6.54 Å². The molecule has 0 saturated carbocycles. The first kappa shape index (κ1) is 18.6. The molecule has 2 aliphatic rings. The molecule has 1 amide bonds. The third-order valence-corrected chi connectivity index (χ3v) is 5.71. The fourth-order valence-corrected chi connectivity index (χ4v) is 4.10. The van der Waals surface area contributed by atoms with E-state index < -0.39 is 0 Å². The number of piperazine rings is 1. The fourth-order valence-electron chi connectivity index (χ4n) is 3.84. The average Bonchev–Trinajstić information content (AvgIpc) is 2.63. The maximum Gasteiger partial charge on any atom is 0.234 e.